The molecule has 2 heterocycles. The predicted octanol–water partition coefficient (Wildman–Crippen LogP) is 4.33. The second-order valence-electron chi connectivity index (χ2n) is 5.22. The van der Waals surface area contributed by atoms with Crippen LogP contribution in [0.3, 0.4) is 0 Å². The maximum atomic E-state index is 5.64. The summed E-state index contributed by atoms with van der Waals surface area (Å²) >= 11 is 1.55. The normalized spacial score (nSPS) is 12.7. The molecule has 1 aromatic heterocycles. The molecule has 24 heavy (non-hydrogen) atoms. The highest BCUT2D eigenvalue weighted by atomic mass is 32.1. The largest absolute Gasteiger partial charge is 0.495 e. The maximum absolute atomic E-state index is 5.64. The zero-order valence-electron chi connectivity index (χ0n) is 13.1. The standard InChI is InChI=1S/C18H16N2O3S/c1-21-15-5-3-2-4-13(15)19-18-20-14(11-24-18)12-6-7-16-17(10-12)23-9-8-22-16/h2-7,10-11H,8-9H2,1H3,(H,19,20). The third kappa shape index (κ3) is 2.88. The Kier molecular flexibility index (Phi) is 3.96. The second-order valence-corrected chi connectivity index (χ2v) is 6.08. The molecule has 0 unspecified atom stereocenters. The number of methoxy groups -OCH3 is 1. The van der Waals surface area contributed by atoms with Gasteiger partial charge in [-0.2, -0.15) is 0 Å². The molecule has 0 saturated heterocycles. The maximum Gasteiger partial charge on any atom is 0.187 e. The highest BCUT2D eigenvalue weighted by Gasteiger charge is 2.14. The summed E-state index contributed by atoms with van der Waals surface area (Å²) in [4.78, 5) is 4.66. The summed E-state index contributed by atoms with van der Waals surface area (Å²) in [5, 5.41) is 6.13. The number of para-hydroxylation sites is 2. The van der Waals surface area contributed by atoms with Gasteiger partial charge in [-0.1, -0.05) is 12.1 Å². The lowest BCUT2D eigenvalue weighted by atomic mass is 10.1. The number of rotatable bonds is 4. The molecule has 5 nitrogen and oxygen atoms in total. The van der Waals surface area contributed by atoms with Gasteiger partial charge in [0.15, 0.2) is 16.6 Å². The van der Waals surface area contributed by atoms with E-state index in [9.17, 15) is 0 Å². The second kappa shape index (κ2) is 6.41. The van der Waals surface area contributed by atoms with Gasteiger partial charge < -0.3 is 19.5 Å². The average molecular weight is 340 g/mol. The molecule has 0 radical (unpaired) electrons. The van der Waals surface area contributed by atoms with Gasteiger partial charge in [0.05, 0.1) is 18.5 Å². The van der Waals surface area contributed by atoms with Crippen molar-refractivity contribution in [3.8, 4) is 28.5 Å². The molecule has 0 saturated carbocycles. The van der Waals surface area contributed by atoms with E-state index in [2.05, 4.69) is 10.3 Å². The van der Waals surface area contributed by atoms with Gasteiger partial charge in [0.25, 0.3) is 0 Å². The molecule has 0 amide bonds. The monoisotopic (exact) mass is 340 g/mol. The number of aromatic nitrogens is 1. The van der Waals surface area contributed by atoms with Crippen molar-refractivity contribution in [2.75, 3.05) is 25.6 Å². The molecule has 4 rings (SSSR count). The van der Waals surface area contributed by atoms with Crippen LogP contribution in [-0.2, 0) is 0 Å². The number of nitrogens with one attached hydrogen (secondary N) is 1. The summed E-state index contributed by atoms with van der Waals surface area (Å²) in [5.41, 5.74) is 2.79. The minimum Gasteiger partial charge on any atom is -0.495 e. The summed E-state index contributed by atoms with van der Waals surface area (Å²) in [6.07, 6.45) is 0. The molecule has 3 aromatic rings. The molecule has 1 aliphatic heterocycles. The van der Waals surface area contributed by atoms with Gasteiger partial charge in [0.1, 0.15) is 19.0 Å². The fourth-order valence-electron chi connectivity index (χ4n) is 2.53. The molecular weight excluding hydrogens is 324 g/mol. The van der Waals surface area contributed by atoms with Crippen molar-refractivity contribution in [1.29, 1.82) is 0 Å². The van der Waals surface area contributed by atoms with Crippen LogP contribution in [0.25, 0.3) is 11.3 Å². The lowest BCUT2D eigenvalue weighted by Gasteiger charge is -2.18. The summed E-state index contributed by atoms with van der Waals surface area (Å²) in [5.74, 6) is 2.34. The van der Waals surface area contributed by atoms with Gasteiger partial charge >= 0.3 is 0 Å². The van der Waals surface area contributed by atoms with Crippen LogP contribution in [0.4, 0.5) is 10.8 Å². The summed E-state index contributed by atoms with van der Waals surface area (Å²) in [6, 6.07) is 13.7. The number of fused-ring (bicyclic) bond motifs is 1. The molecule has 0 fully saturated rings. The van der Waals surface area contributed by atoms with Crippen molar-refractivity contribution in [3.63, 3.8) is 0 Å². The number of hydrogen-bond donors (Lipinski definition) is 1. The fourth-order valence-corrected chi connectivity index (χ4v) is 3.26. The van der Waals surface area contributed by atoms with Crippen LogP contribution in [-0.4, -0.2) is 25.3 Å². The highest BCUT2D eigenvalue weighted by Crippen LogP contribution is 2.36. The van der Waals surface area contributed by atoms with E-state index < -0.39 is 0 Å². The number of anilines is 2. The zero-order chi connectivity index (χ0) is 16.4. The molecule has 0 spiro atoms. The molecule has 122 valence electrons. The van der Waals surface area contributed by atoms with E-state index >= 15 is 0 Å². The van der Waals surface area contributed by atoms with Crippen molar-refractivity contribution >= 4 is 22.2 Å². The van der Waals surface area contributed by atoms with Crippen LogP contribution in [0.5, 0.6) is 17.2 Å². The minimum atomic E-state index is 0.578. The van der Waals surface area contributed by atoms with Crippen LogP contribution in [0.15, 0.2) is 47.8 Å². The molecule has 2 aromatic carbocycles. The fraction of sp³-hybridized carbons (Fsp3) is 0.167. The lowest BCUT2D eigenvalue weighted by molar-refractivity contribution is 0.171. The first-order valence-electron chi connectivity index (χ1n) is 7.59. The SMILES string of the molecule is COc1ccccc1Nc1nc(-c2ccc3c(c2)OCCO3)cs1. The van der Waals surface area contributed by atoms with Gasteiger partial charge in [0, 0.05) is 10.9 Å². The van der Waals surface area contributed by atoms with Gasteiger partial charge in [-0.3, -0.25) is 0 Å². The molecule has 0 atom stereocenters. The Morgan fingerprint density at radius 3 is 2.79 bits per heavy atom. The number of ether oxygens (including phenoxy) is 3. The first kappa shape index (κ1) is 14.8. The van der Waals surface area contributed by atoms with Crippen LogP contribution in [0.2, 0.25) is 0 Å². The molecule has 0 bridgehead atoms. The van der Waals surface area contributed by atoms with Crippen molar-refractivity contribution in [2.24, 2.45) is 0 Å². The molecular formula is C18H16N2O3S. The van der Waals surface area contributed by atoms with E-state index in [1.54, 1.807) is 18.4 Å². The number of benzene rings is 2. The van der Waals surface area contributed by atoms with Gasteiger partial charge in [-0.05, 0) is 30.3 Å². The molecule has 0 aliphatic carbocycles. The van der Waals surface area contributed by atoms with E-state index in [4.69, 9.17) is 14.2 Å². The lowest BCUT2D eigenvalue weighted by Crippen LogP contribution is -2.15. The molecule has 1 aliphatic rings. The van der Waals surface area contributed by atoms with Crippen LogP contribution >= 0.6 is 11.3 Å². The third-order valence-electron chi connectivity index (χ3n) is 3.69. The Morgan fingerprint density at radius 2 is 1.92 bits per heavy atom. The van der Waals surface area contributed by atoms with Crippen molar-refractivity contribution in [1.82, 2.24) is 4.98 Å². The Bertz CT molecular complexity index is 863. The van der Waals surface area contributed by atoms with Crippen molar-refractivity contribution in [2.45, 2.75) is 0 Å². The topological polar surface area (TPSA) is 52.6 Å². The van der Waals surface area contributed by atoms with Crippen molar-refractivity contribution in [3.05, 3.63) is 47.8 Å². The first-order chi connectivity index (χ1) is 11.8. The Hall–Kier alpha value is -2.73. The highest BCUT2D eigenvalue weighted by molar-refractivity contribution is 7.14. The van der Waals surface area contributed by atoms with Crippen molar-refractivity contribution < 1.29 is 14.2 Å². The smallest absolute Gasteiger partial charge is 0.187 e. The van der Waals surface area contributed by atoms with Crippen LogP contribution in [0.1, 0.15) is 0 Å². The predicted molar refractivity (Wildman–Crippen MR) is 94.8 cm³/mol. The molecule has 1 N–H and O–H groups in total. The van der Waals surface area contributed by atoms with Gasteiger partial charge in [0.2, 0.25) is 0 Å². The van der Waals surface area contributed by atoms with E-state index in [0.29, 0.717) is 13.2 Å². The number of nitrogens with zero attached hydrogens (tertiary/aromatic N) is 1. The summed E-state index contributed by atoms with van der Waals surface area (Å²) < 4.78 is 16.5. The van der Waals surface area contributed by atoms with E-state index in [1.165, 1.54) is 0 Å². The van der Waals surface area contributed by atoms with E-state index in [1.807, 2.05) is 47.8 Å². The Morgan fingerprint density at radius 1 is 1.08 bits per heavy atom. The zero-order valence-corrected chi connectivity index (χ0v) is 13.9. The third-order valence-corrected chi connectivity index (χ3v) is 4.45. The Labute approximate surface area is 143 Å². The number of hydrogen-bond acceptors (Lipinski definition) is 6. The Balaban J connectivity index is 1.59. The summed E-state index contributed by atoms with van der Waals surface area (Å²) in [6.45, 7) is 1.17. The quantitative estimate of drug-likeness (QED) is 0.766. The van der Waals surface area contributed by atoms with E-state index in [-0.39, 0.29) is 0 Å². The first-order valence-corrected chi connectivity index (χ1v) is 8.47. The summed E-state index contributed by atoms with van der Waals surface area (Å²) in [7, 11) is 1.66. The van der Waals surface area contributed by atoms with E-state index in [0.717, 1.165) is 39.3 Å². The number of thiazole rings is 1. The van der Waals surface area contributed by atoms with Gasteiger partial charge in [-0.25, -0.2) is 4.98 Å². The average Bonchev–Trinajstić information content (AvgIpc) is 3.10. The van der Waals surface area contributed by atoms with Crippen LogP contribution in [0, 0.1) is 0 Å². The van der Waals surface area contributed by atoms with Gasteiger partial charge in [-0.15, -0.1) is 11.3 Å². The minimum absolute atomic E-state index is 0.578. The molecule has 6 heteroatoms. The van der Waals surface area contributed by atoms with Crippen LogP contribution < -0.4 is 19.5 Å².